The molecule has 0 amide bonds. The van der Waals surface area contributed by atoms with E-state index in [9.17, 15) is 0 Å². The minimum atomic E-state index is 0.944. The molecule has 1 aromatic carbocycles. The van der Waals surface area contributed by atoms with E-state index in [1.807, 2.05) is 19.2 Å². The molecule has 0 radical (unpaired) electrons. The van der Waals surface area contributed by atoms with Crippen molar-refractivity contribution < 1.29 is 0 Å². The van der Waals surface area contributed by atoms with Crippen LogP contribution in [0.5, 0.6) is 0 Å². The van der Waals surface area contributed by atoms with Gasteiger partial charge in [-0.3, -0.25) is 4.98 Å². The fraction of sp³-hybridized carbons (Fsp3) is 0.133. The van der Waals surface area contributed by atoms with E-state index < -0.39 is 0 Å². The average Bonchev–Trinajstić information content (AvgIpc) is 2.38. The zero-order chi connectivity index (χ0) is 12.5. The third-order valence-corrected chi connectivity index (χ3v) is 3.02. The van der Waals surface area contributed by atoms with Gasteiger partial charge in [0.25, 0.3) is 0 Å². The van der Waals surface area contributed by atoms with Gasteiger partial charge in [0, 0.05) is 23.3 Å². The van der Waals surface area contributed by atoms with Crippen molar-refractivity contribution in [2.75, 3.05) is 0 Å². The van der Waals surface area contributed by atoms with Gasteiger partial charge in [-0.25, -0.2) is 0 Å². The number of fused-ring (bicyclic) bond motifs is 1. The largest absolute Gasteiger partial charge is 0.264 e. The third kappa shape index (κ3) is 1.84. The fourth-order valence-corrected chi connectivity index (χ4v) is 2.13. The summed E-state index contributed by atoms with van der Waals surface area (Å²) in [7, 11) is 0. The van der Waals surface area contributed by atoms with Crippen LogP contribution in [0.4, 0.5) is 0 Å². The highest BCUT2D eigenvalue weighted by Gasteiger charge is 2.05. The molecule has 2 aromatic heterocycles. The van der Waals surface area contributed by atoms with Gasteiger partial charge in [0.2, 0.25) is 0 Å². The van der Waals surface area contributed by atoms with Crippen LogP contribution < -0.4 is 0 Å². The van der Waals surface area contributed by atoms with Crippen LogP contribution in [-0.4, -0.2) is 15.2 Å². The Morgan fingerprint density at radius 3 is 2.61 bits per heavy atom. The number of rotatable bonds is 1. The van der Waals surface area contributed by atoms with Gasteiger partial charge in [-0.05, 0) is 43.0 Å². The molecule has 0 saturated carbocycles. The summed E-state index contributed by atoms with van der Waals surface area (Å²) in [6.45, 7) is 4.02. The molecule has 0 bridgehead atoms. The van der Waals surface area contributed by atoms with Crippen molar-refractivity contribution in [2.24, 2.45) is 0 Å². The summed E-state index contributed by atoms with van der Waals surface area (Å²) < 4.78 is 0. The molecule has 0 aliphatic heterocycles. The van der Waals surface area contributed by atoms with E-state index in [-0.39, 0.29) is 0 Å². The summed E-state index contributed by atoms with van der Waals surface area (Å²) >= 11 is 0. The number of nitrogens with zero attached hydrogens (tertiary/aromatic N) is 3. The zero-order valence-electron chi connectivity index (χ0n) is 10.4. The highest BCUT2D eigenvalue weighted by Crippen LogP contribution is 2.24. The van der Waals surface area contributed by atoms with Crippen LogP contribution in [0.15, 0.2) is 42.7 Å². The lowest BCUT2D eigenvalue weighted by Gasteiger charge is -2.06. The van der Waals surface area contributed by atoms with Crippen LogP contribution in [0.1, 0.15) is 11.3 Å². The molecule has 0 unspecified atom stereocenters. The summed E-state index contributed by atoms with van der Waals surface area (Å²) in [4.78, 5) is 4.12. The standard InChI is InChI=1S/C15H13N3/c1-10-7-11(2)17-18-15(10)13-3-4-14-9-16-6-5-12(14)8-13/h3-9H,1-2H3. The van der Waals surface area contributed by atoms with Crippen molar-refractivity contribution >= 4 is 10.8 Å². The molecule has 0 aliphatic rings. The smallest absolute Gasteiger partial charge is 0.0959 e. The maximum atomic E-state index is 4.29. The Morgan fingerprint density at radius 1 is 0.889 bits per heavy atom. The van der Waals surface area contributed by atoms with E-state index in [1.54, 1.807) is 6.20 Å². The van der Waals surface area contributed by atoms with Crippen molar-refractivity contribution in [3.63, 3.8) is 0 Å². The summed E-state index contributed by atoms with van der Waals surface area (Å²) in [5.41, 5.74) is 4.13. The van der Waals surface area contributed by atoms with Gasteiger partial charge in [-0.1, -0.05) is 12.1 Å². The maximum absolute atomic E-state index is 4.29. The number of aryl methyl sites for hydroxylation is 2. The third-order valence-electron chi connectivity index (χ3n) is 3.02. The highest BCUT2D eigenvalue weighted by atomic mass is 15.1. The van der Waals surface area contributed by atoms with Crippen LogP contribution in [0.2, 0.25) is 0 Å². The minimum absolute atomic E-state index is 0.944. The quantitative estimate of drug-likeness (QED) is 0.649. The fourth-order valence-electron chi connectivity index (χ4n) is 2.13. The molecule has 3 rings (SSSR count). The van der Waals surface area contributed by atoms with E-state index in [1.165, 1.54) is 5.39 Å². The monoisotopic (exact) mass is 235 g/mol. The Balaban J connectivity index is 2.19. The number of hydrogen-bond donors (Lipinski definition) is 0. The Bertz CT molecular complexity index is 720. The molecule has 88 valence electrons. The van der Waals surface area contributed by atoms with Gasteiger partial charge in [0.05, 0.1) is 11.4 Å². The van der Waals surface area contributed by atoms with Gasteiger partial charge in [-0.2, -0.15) is 5.10 Å². The van der Waals surface area contributed by atoms with Crippen LogP contribution in [-0.2, 0) is 0 Å². The molecule has 3 nitrogen and oxygen atoms in total. The maximum Gasteiger partial charge on any atom is 0.0959 e. The number of aromatic nitrogens is 3. The molecule has 3 heteroatoms. The van der Waals surface area contributed by atoms with Gasteiger partial charge in [-0.15, -0.1) is 5.10 Å². The summed E-state index contributed by atoms with van der Waals surface area (Å²) in [6.07, 6.45) is 3.67. The first-order valence-corrected chi connectivity index (χ1v) is 5.89. The van der Waals surface area contributed by atoms with Crippen molar-refractivity contribution in [1.82, 2.24) is 15.2 Å². The molecule has 0 N–H and O–H groups in total. The van der Waals surface area contributed by atoms with E-state index in [4.69, 9.17) is 0 Å². The van der Waals surface area contributed by atoms with E-state index >= 15 is 0 Å². The summed E-state index contributed by atoms with van der Waals surface area (Å²) in [6, 6.07) is 10.3. The van der Waals surface area contributed by atoms with Crippen LogP contribution in [0.25, 0.3) is 22.0 Å². The summed E-state index contributed by atoms with van der Waals surface area (Å²) in [5, 5.41) is 10.7. The lowest BCUT2D eigenvalue weighted by atomic mass is 10.0. The van der Waals surface area contributed by atoms with Crippen LogP contribution in [0, 0.1) is 13.8 Å². The SMILES string of the molecule is Cc1cc(C)c(-c2ccc3cnccc3c2)nn1. The second-order valence-corrected chi connectivity index (χ2v) is 4.45. The van der Waals surface area contributed by atoms with Crippen molar-refractivity contribution in [1.29, 1.82) is 0 Å². The molecule has 0 fully saturated rings. The van der Waals surface area contributed by atoms with Crippen molar-refractivity contribution in [2.45, 2.75) is 13.8 Å². The van der Waals surface area contributed by atoms with E-state index in [2.05, 4.69) is 46.4 Å². The molecule has 3 aromatic rings. The predicted octanol–water partition coefficient (Wildman–Crippen LogP) is 3.31. The van der Waals surface area contributed by atoms with Crippen LogP contribution >= 0.6 is 0 Å². The Labute approximate surface area is 106 Å². The Hall–Kier alpha value is -2.29. The van der Waals surface area contributed by atoms with Gasteiger partial charge in [0.15, 0.2) is 0 Å². The first kappa shape index (κ1) is 10.8. The summed E-state index contributed by atoms with van der Waals surface area (Å²) in [5.74, 6) is 0. The number of benzene rings is 1. The lowest BCUT2D eigenvalue weighted by Crippen LogP contribution is -1.94. The molecule has 0 saturated heterocycles. The van der Waals surface area contributed by atoms with Gasteiger partial charge >= 0.3 is 0 Å². The molecule has 0 aliphatic carbocycles. The first-order chi connectivity index (χ1) is 8.74. The second kappa shape index (κ2) is 4.18. The second-order valence-electron chi connectivity index (χ2n) is 4.45. The average molecular weight is 235 g/mol. The predicted molar refractivity (Wildman–Crippen MR) is 72.2 cm³/mol. The first-order valence-electron chi connectivity index (χ1n) is 5.89. The zero-order valence-corrected chi connectivity index (χ0v) is 10.4. The topological polar surface area (TPSA) is 38.7 Å². The van der Waals surface area contributed by atoms with E-state index in [0.717, 1.165) is 27.9 Å². The molecule has 2 heterocycles. The van der Waals surface area contributed by atoms with Crippen molar-refractivity contribution in [3.8, 4) is 11.3 Å². The number of pyridine rings is 1. The van der Waals surface area contributed by atoms with E-state index in [0.29, 0.717) is 0 Å². The molecule has 0 spiro atoms. The number of hydrogen-bond acceptors (Lipinski definition) is 3. The highest BCUT2D eigenvalue weighted by molar-refractivity contribution is 5.86. The Morgan fingerprint density at radius 2 is 1.78 bits per heavy atom. The van der Waals surface area contributed by atoms with Gasteiger partial charge in [0.1, 0.15) is 0 Å². The molecular weight excluding hydrogens is 222 g/mol. The normalized spacial score (nSPS) is 10.8. The minimum Gasteiger partial charge on any atom is -0.264 e. The molecule has 18 heavy (non-hydrogen) atoms. The van der Waals surface area contributed by atoms with Crippen LogP contribution in [0.3, 0.4) is 0 Å². The van der Waals surface area contributed by atoms with Gasteiger partial charge < -0.3 is 0 Å². The molecular formula is C15H13N3. The van der Waals surface area contributed by atoms with Crippen molar-refractivity contribution in [3.05, 3.63) is 54.0 Å². The lowest BCUT2D eigenvalue weighted by molar-refractivity contribution is 0.974. The molecule has 0 atom stereocenters. The Kier molecular flexibility index (Phi) is 2.52.